The number of nitrogens with zero attached hydrogens (tertiary/aromatic N) is 1. The SMILES string of the molecule is COC(=O)c1sc(C2=CCCCC2)cc1NC(=O)[C@]1(C2CCN(CC(F)F)CC2)CC[C@@H](C)CC1. The number of methoxy groups -OCH3 is 1. The zero-order valence-corrected chi connectivity index (χ0v) is 21.7. The molecule has 1 saturated heterocycles. The first-order valence-electron chi connectivity index (χ1n) is 13.1. The van der Waals surface area contributed by atoms with Crippen molar-refractivity contribution >= 4 is 34.5 Å². The van der Waals surface area contributed by atoms with Crippen LogP contribution in [0.5, 0.6) is 0 Å². The fraction of sp³-hybridized carbons (Fsp3) is 0.704. The Hall–Kier alpha value is -1.80. The molecule has 1 aromatic rings. The molecule has 1 saturated carbocycles. The maximum absolute atomic E-state index is 14.0. The van der Waals surface area contributed by atoms with Crippen molar-refractivity contribution in [1.82, 2.24) is 4.90 Å². The van der Waals surface area contributed by atoms with Crippen molar-refractivity contribution in [3.05, 3.63) is 21.9 Å². The molecule has 1 N–H and O–H groups in total. The van der Waals surface area contributed by atoms with Crippen LogP contribution in [-0.4, -0.2) is 49.9 Å². The molecule has 8 heteroatoms. The Bertz CT molecular complexity index is 929. The summed E-state index contributed by atoms with van der Waals surface area (Å²) in [5.74, 6) is 0.277. The van der Waals surface area contributed by atoms with E-state index in [0.29, 0.717) is 29.6 Å². The fourth-order valence-corrected chi connectivity index (χ4v) is 7.26. The first-order chi connectivity index (χ1) is 16.8. The van der Waals surface area contributed by atoms with E-state index in [0.717, 1.165) is 62.7 Å². The average molecular weight is 509 g/mol. The standard InChI is InChI=1S/C27H38F2N2O3S/c1-18-8-12-27(13-9-18,20-10-14-31(15-11-20)17-23(28)29)26(33)30-21-16-22(19-6-4-3-5-7-19)35-24(21)25(32)34-2/h6,16,18,20,23H,3-5,7-15,17H2,1-2H3,(H,30,33)/t18-,27-. The van der Waals surface area contributed by atoms with Crippen molar-refractivity contribution in [2.45, 2.75) is 77.6 Å². The van der Waals surface area contributed by atoms with Gasteiger partial charge in [-0.1, -0.05) is 13.0 Å². The number of nitrogens with one attached hydrogen (secondary N) is 1. The average Bonchev–Trinajstić information content (AvgIpc) is 3.28. The molecule has 0 unspecified atom stereocenters. The summed E-state index contributed by atoms with van der Waals surface area (Å²) in [4.78, 5) is 29.9. The first-order valence-corrected chi connectivity index (χ1v) is 13.9. The zero-order valence-electron chi connectivity index (χ0n) is 20.9. The number of alkyl halides is 2. The molecular weight excluding hydrogens is 470 g/mol. The summed E-state index contributed by atoms with van der Waals surface area (Å²) < 4.78 is 30.8. The second kappa shape index (κ2) is 11.5. The number of rotatable bonds is 7. The second-order valence-electron chi connectivity index (χ2n) is 10.6. The fourth-order valence-electron chi connectivity index (χ4n) is 6.16. The van der Waals surface area contributed by atoms with E-state index in [1.165, 1.54) is 30.4 Å². The number of amides is 1. The summed E-state index contributed by atoms with van der Waals surface area (Å²) in [6, 6.07) is 1.94. The largest absolute Gasteiger partial charge is 0.465 e. The highest BCUT2D eigenvalue weighted by molar-refractivity contribution is 7.15. The Morgan fingerprint density at radius 1 is 1.20 bits per heavy atom. The van der Waals surface area contributed by atoms with E-state index in [1.54, 1.807) is 0 Å². The van der Waals surface area contributed by atoms with Gasteiger partial charge in [-0.15, -0.1) is 11.3 Å². The lowest BCUT2D eigenvalue weighted by atomic mass is 9.60. The molecule has 0 atom stereocenters. The van der Waals surface area contributed by atoms with Gasteiger partial charge in [0.1, 0.15) is 4.88 Å². The van der Waals surface area contributed by atoms with E-state index in [4.69, 9.17) is 4.74 Å². The Balaban J connectivity index is 1.57. The predicted molar refractivity (Wildman–Crippen MR) is 136 cm³/mol. The third-order valence-electron chi connectivity index (χ3n) is 8.34. The zero-order chi connectivity index (χ0) is 25.0. The summed E-state index contributed by atoms with van der Waals surface area (Å²) in [6.45, 7) is 3.23. The summed E-state index contributed by atoms with van der Waals surface area (Å²) in [5.41, 5.74) is 1.25. The molecule has 0 bridgehead atoms. The minimum Gasteiger partial charge on any atom is -0.465 e. The summed E-state index contributed by atoms with van der Waals surface area (Å²) in [7, 11) is 1.37. The topological polar surface area (TPSA) is 58.6 Å². The van der Waals surface area contributed by atoms with Gasteiger partial charge in [0, 0.05) is 4.88 Å². The minimum absolute atomic E-state index is 0.0242. The molecule has 0 aromatic carbocycles. The summed E-state index contributed by atoms with van der Waals surface area (Å²) >= 11 is 1.39. The Morgan fingerprint density at radius 2 is 1.91 bits per heavy atom. The molecular formula is C27H38F2N2O3S. The number of piperidine rings is 1. The molecule has 1 aliphatic heterocycles. The molecule has 35 heavy (non-hydrogen) atoms. The maximum Gasteiger partial charge on any atom is 0.350 e. The lowest BCUT2D eigenvalue weighted by molar-refractivity contribution is -0.133. The highest BCUT2D eigenvalue weighted by Crippen LogP contribution is 2.49. The van der Waals surface area contributed by atoms with E-state index in [2.05, 4.69) is 18.3 Å². The van der Waals surface area contributed by atoms with Gasteiger partial charge in [0.15, 0.2) is 0 Å². The van der Waals surface area contributed by atoms with E-state index in [-0.39, 0.29) is 18.4 Å². The second-order valence-corrected chi connectivity index (χ2v) is 11.6. The number of carbonyl (C=O) groups is 2. The number of ether oxygens (including phenoxy) is 1. The van der Waals surface area contributed by atoms with Crippen molar-refractivity contribution in [1.29, 1.82) is 0 Å². The van der Waals surface area contributed by atoms with E-state index in [1.807, 2.05) is 11.0 Å². The van der Waals surface area contributed by atoms with Gasteiger partial charge in [-0.25, -0.2) is 13.6 Å². The number of allylic oxidation sites excluding steroid dienone is 2. The van der Waals surface area contributed by atoms with Crippen LogP contribution in [-0.2, 0) is 9.53 Å². The van der Waals surface area contributed by atoms with Crippen molar-refractivity contribution < 1.29 is 23.1 Å². The molecule has 0 radical (unpaired) electrons. The van der Waals surface area contributed by atoms with Crippen LogP contribution in [0.3, 0.4) is 0 Å². The number of likely N-dealkylation sites (tertiary alicyclic amines) is 1. The Labute approximate surface area is 211 Å². The van der Waals surface area contributed by atoms with Gasteiger partial charge in [0.25, 0.3) is 6.43 Å². The van der Waals surface area contributed by atoms with Gasteiger partial charge in [-0.05, 0) is 101 Å². The van der Waals surface area contributed by atoms with Crippen LogP contribution in [0.25, 0.3) is 5.57 Å². The van der Waals surface area contributed by atoms with Crippen LogP contribution in [0.1, 0.15) is 85.7 Å². The van der Waals surface area contributed by atoms with Gasteiger partial charge in [-0.3, -0.25) is 9.69 Å². The van der Waals surface area contributed by atoms with Crippen LogP contribution >= 0.6 is 11.3 Å². The molecule has 0 spiro atoms. The third-order valence-corrected chi connectivity index (χ3v) is 9.53. The third kappa shape index (κ3) is 5.96. The van der Waals surface area contributed by atoms with E-state index in [9.17, 15) is 18.4 Å². The number of carbonyl (C=O) groups excluding carboxylic acids is 2. The van der Waals surface area contributed by atoms with Gasteiger partial charge < -0.3 is 10.1 Å². The van der Waals surface area contributed by atoms with E-state index >= 15 is 0 Å². The molecule has 2 aliphatic carbocycles. The first kappa shape index (κ1) is 26.3. The van der Waals surface area contributed by atoms with Crippen LogP contribution in [0.2, 0.25) is 0 Å². The molecule has 4 rings (SSSR count). The predicted octanol–water partition coefficient (Wildman–Crippen LogP) is 6.60. The molecule has 1 amide bonds. The van der Waals surface area contributed by atoms with Crippen molar-refractivity contribution in [3.8, 4) is 0 Å². The normalized spacial score (nSPS) is 26.4. The van der Waals surface area contributed by atoms with Crippen LogP contribution in [0.4, 0.5) is 14.5 Å². The molecule has 3 aliphatic rings. The van der Waals surface area contributed by atoms with Crippen LogP contribution < -0.4 is 5.32 Å². The highest BCUT2D eigenvalue weighted by atomic mass is 32.1. The van der Waals surface area contributed by atoms with E-state index < -0.39 is 17.8 Å². The Kier molecular flexibility index (Phi) is 8.63. The van der Waals surface area contributed by atoms with Crippen molar-refractivity contribution in [2.75, 3.05) is 32.1 Å². The minimum atomic E-state index is -2.33. The number of anilines is 1. The number of halogens is 2. The molecule has 1 aromatic heterocycles. The van der Waals surface area contributed by atoms with Crippen LogP contribution in [0, 0.1) is 17.3 Å². The number of esters is 1. The van der Waals surface area contributed by atoms with Gasteiger partial charge in [0.2, 0.25) is 5.91 Å². The van der Waals surface area contributed by atoms with Crippen molar-refractivity contribution in [3.63, 3.8) is 0 Å². The molecule has 5 nitrogen and oxygen atoms in total. The quantitative estimate of drug-likeness (QED) is 0.422. The number of hydrogen-bond acceptors (Lipinski definition) is 5. The number of hydrogen-bond donors (Lipinski definition) is 1. The lowest BCUT2D eigenvalue weighted by Crippen LogP contribution is -2.49. The molecule has 2 fully saturated rings. The van der Waals surface area contributed by atoms with Gasteiger partial charge in [0.05, 0.1) is 24.8 Å². The number of thiophene rings is 1. The smallest absolute Gasteiger partial charge is 0.350 e. The van der Waals surface area contributed by atoms with Gasteiger partial charge in [-0.2, -0.15) is 0 Å². The monoisotopic (exact) mass is 508 g/mol. The van der Waals surface area contributed by atoms with Gasteiger partial charge >= 0.3 is 5.97 Å². The van der Waals surface area contributed by atoms with Crippen LogP contribution in [0.15, 0.2) is 12.1 Å². The lowest BCUT2D eigenvalue weighted by Gasteiger charge is -2.47. The Morgan fingerprint density at radius 3 is 2.51 bits per heavy atom. The highest BCUT2D eigenvalue weighted by Gasteiger charge is 2.48. The molecule has 2 heterocycles. The molecule has 194 valence electrons. The summed E-state index contributed by atoms with van der Waals surface area (Å²) in [5, 5.41) is 3.16. The maximum atomic E-state index is 14.0. The summed E-state index contributed by atoms with van der Waals surface area (Å²) in [6.07, 6.45) is 9.30. The van der Waals surface area contributed by atoms with Crippen molar-refractivity contribution in [2.24, 2.45) is 17.3 Å².